The van der Waals surface area contributed by atoms with Crippen LogP contribution in [0.25, 0.3) is 21.9 Å². The second kappa shape index (κ2) is 14.1. The topological polar surface area (TPSA) is 218 Å². The molecule has 2 saturated heterocycles. The molecule has 2 aliphatic heterocycles. The van der Waals surface area contributed by atoms with Crippen molar-refractivity contribution in [2.45, 2.75) is 69.8 Å². The van der Waals surface area contributed by atoms with E-state index in [4.69, 9.17) is 33.9 Å². The first-order valence-corrected chi connectivity index (χ1v) is 16.7. The molecule has 6 rings (SSSR count). The molecule has 256 valence electrons. The number of carbonyl (C=O) groups excluding carboxylic acids is 1. The zero-order valence-corrected chi connectivity index (χ0v) is 27.5. The Labute approximate surface area is 276 Å². The van der Waals surface area contributed by atoms with Crippen LogP contribution < -0.4 is 24.6 Å². The molecule has 16 nitrogen and oxygen atoms in total. The predicted octanol–water partition coefficient (Wildman–Crippen LogP) is 2.39. The molecule has 0 spiro atoms. The van der Waals surface area contributed by atoms with Crippen molar-refractivity contribution in [3.05, 3.63) is 42.7 Å². The van der Waals surface area contributed by atoms with Gasteiger partial charge in [0.15, 0.2) is 29.2 Å². The summed E-state index contributed by atoms with van der Waals surface area (Å²) in [6, 6.07) is 9.61. The van der Waals surface area contributed by atoms with Crippen molar-refractivity contribution in [2.75, 3.05) is 32.2 Å². The molecule has 6 atom stereocenters. The lowest BCUT2D eigenvalue weighted by Crippen LogP contribution is -2.44. The van der Waals surface area contributed by atoms with E-state index in [0.717, 1.165) is 5.39 Å². The standard InChI is InChI=1S/C31H37N6O10P/c1-4-43-27-23-26(34-30(32)35-27)37(16-33-23)29-31(3,40)25(38)22(46-29)15-44-21-10-9-18-7-5-6-8-20(18)24(21)47-48(41)36-17(2)28(39)45-19-11-13-42-14-12-19/h5-10,16-17,19,22,25,29,38,40H,4,11-15H2,1-3H3,(H2,32,34,35)/t17-,22+,25+,29?,31+/m0/s1. The van der Waals surface area contributed by atoms with Crippen molar-refractivity contribution in [3.8, 4) is 17.4 Å². The van der Waals surface area contributed by atoms with Crippen LogP contribution in [0.2, 0.25) is 0 Å². The van der Waals surface area contributed by atoms with Crippen LogP contribution in [-0.4, -0.2) is 92.1 Å². The fourth-order valence-electron chi connectivity index (χ4n) is 5.64. The quantitative estimate of drug-likeness (QED) is 0.153. The maximum Gasteiger partial charge on any atom is 0.395 e. The third-order valence-corrected chi connectivity index (χ3v) is 9.04. The van der Waals surface area contributed by atoms with Gasteiger partial charge in [0, 0.05) is 18.2 Å². The van der Waals surface area contributed by atoms with Gasteiger partial charge in [-0.2, -0.15) is 9.97 Å². The number of nitrogens with two attached hydrogens (primary N) is 1. The van der Waals surface area contributed by atoms with Gasteiger partial charge in [0.05, 0.1) is 26.1 Å². The van der Waals surface area contributed by atoms with Crippen LogP contribution in [0.4, 0.5) is 5.95 Å². The number of hydrogen-bond donors (Lipinski definition) is 3. The number of benzene rings is 2. The number of fused-ring (bicyclic) bond motifs is 2. The number of esters is 1. The first-order chi connectivity index (χ1) is 23.1. The minimum Gasteiger partial charge on any atom is -0.575 e. The van der Waals surface area contributed by atoms with Crippen LogP contribution in [-0.2, 0) is 19.0 Å². The Morgan fingerprint density at radius 1 is 1.23 bits per heavy atom. The lowest BCUT2D eigenvalue weighted by atomic mass is 9.96. The summed E-state index contributed by atoms with van der Waals surface area (Å²) in [6.45, 7) is 5.79. The van der Waals surface area contributed by atoms with Crippen LogP contribution in [0.15, 0.2) is 47.5 Å². The van der Waals surface area contributed by atoms with Gasteiger partial charge in [0.1, 0.15) is 30.5 Å². The van der Waals surface area contributed by atoms with Crippen molar-refractivity contribution in [1.82, 2.24) is 19.5 Å². The van der Waals surface area contributed by atoms with Crippen molar-refractivity contribution in [1.29, 1.82) is 0 Å². The van der Waals surface area contributed by atoms with E-state index in [1.54, 1.807) is 31.2 Å². The highest BCUT2D eigenvalue weighted by Crippen LogP contribution is 2.43. The van der Waals surface area contributed by atoms with E-state index in [1.807, 2.05) is 12.1 Å². The molecule has 2 aromatic heterocycles. The number of aromatic nitrogens is 4. The Morgan fingerprint density at radius 2 is 2.00 bits per heavy atom. The number of nitrogens with zero attached hydrogens (tertiary/aromatic N) is 5. The highest BCUT2D eigenvalue weighted by atomic mass is 31.1. The summed E-state index contributed by atoms with van der Waals surface area (Å²) in [5.41, 5.74) is 4.64. The summed E-state index contributed by atoms with van der Waals surface area (Å²) in [4.78, 5) is 38.4. The zero-order chi connectivity index (χ0) is 34.0. The second-order valence-corrected chi connectivity index (χ2v) is 12.5. The number of nitrogen functional groups attached to an aromatic ring is 1. The molecule has 0 radical (unpaired) electrons. The molecule has 0 saturated carbocycles. The normalized spacial score (nSPS) is 24.1. The molecule has 2 aliphatic rings. The zero-order valence-electron chi connectivity index (χ0n) is 26.6. The lowest BCUT2D eigenvalue weighted by Gasteiger charge is -2.27. The van der Waals surface area contributed by atoms with Crippen molar-refractivity contribution >= 4 is 42.0 Å². The van der Waals surface area contributed by atoms with E-state index >= 15 is 0 Å². The van der Waals surface area contributed by atoms with Crippen LogP contribution in [0.1, 0.15) is 39.8 Å². The highest BCUT2D eigenvalue weighted by molar-refractivity contribution is 7.34. The molecule has 0 amide bonds. The summed E-state index contributed by atoms with van der Waals surface area (Å²) >= 11 is 0. The van der Waals surface area contributed by atoms with E-state index in [9.17, 15) is 19.9 Å². The largest absolute Gasteiger partial charge is 0.575 e. The number of aliphatic hydroxyl groups excluding tert-OH is 1. The number of rotatable bonds is 11. The first kappa shape index (κ1) is 33.7. The lowest BCUT2D eigenvalue weighted by molar-refractivity contribution is -0.170. The molecule has 2 aromatic carbocycles. The van der Waals surface area contributed by atoms with E-state index in [2.05, 4.69) is 19.7 Å². The Bertz CT molecular complexity index is 1810. The number of ether oxygens (including phenoxy) is 5. The highest BCUT2D eigenvalue weighted by Gasteiger charge is 2.54. The Kier molecular flexibility index (Phi) is 9.92. The molecule has 4 heterocycles. The molecule has 2 fully saturated rings. The van der Waals surface area contributed by atoms with E-state index in [0.29, 0.717) is 43.6 Å². The summed E-state index contributed by atoms with van der Waals surface area (Å²) < 4.78 is 39.8. The SMILES string of the molecule is CCOc1nc(N)nc2c1ncn2C1O[C@H](COc2ccc3ccccc3c2O[P+]([O-])=N[C@@H](C)C(=O)OC2CCOCC2)[C@@H](O)[C@@]1(C)O. The Hall–Kier alpha value is -4.18. The van der Waals surface area contributed by atoms with E-state index in [-0.39, 0.29) is 41.7 Å². The van der Waals surface area contributed by atoms with Gasteiger partial charge in [-0.3, -0.25) is 9.09 Å². The number of imidazole rings is 1. The first-order valence-electron chi connectivity index (χ1n) is 15.5. The summed E-state index contributed by atoms with van der Waals surface area (Å²) in [5.74, 6) is -0.193. The fraction of sp³-hybridized carbons (Fsp3) is 0.484. The van der Waals surface area contributed by atoms with Crippen LogP contribution in [0, 0.1) is 0 Å². The van der Waals surface area contributed by atoms with Gasteiger partial charge in [-0.05, 0) is 32.2 Å². The van der Waals surface area contributed by atoms with Gasteiger partial charge in [0.25, 0.3) is 0 Å². The van der Waals surface area contributed by atoms with Gasteiger partial charge in [-0.15, -0.1) is 0 Å². The minimum atomic E-state index is -2.74. The third-order valence-electron chi connectivity index (χ3n) is 8.17. The second-order valence-electron chi connectivity index (χ2n) is 11.6. The number of carbonyl (C=O) groups is 1. The molecular weight excluding hydrogens is 647 g/mol. The van der Waals surface area contributed by atoms with E-state index < -0.39 is 44.2 Å². The molecule has 17 heteroatoms. The summed E-state index contributed by atoms with van der Waals surface area (Å²) in [7, 11) is -2.74. The average molecular weight is 685 g/mol. The van der Waals surface area contributed by atoms with Crippen LogP contribution in [0.3, 0.4) is 0 Å². The molecule has 4 N–H and O–H groups in total. The van der Waals surface area contributed by atoms with Gasteiger partial charge < -0.3 is 44.5 Å². The summed E-state index contributed by atoms with van der Waals surface area (Å²) in [5, 5.41) is 23.9. The van der Waals surface area contributed by atoms with Crippen molar-refractivity contribution < 1.29 is 48.1 Å². The van der Waals surface area contributed by atoms with Crippen LogP contribution >= 0.6 is 8.17 Å². The Balaban J connectivity index is 1.21. The minimum absolute atomic E-state index is 0.0646. The molecule has 2 unspecified atom stereocenters. The van der Waals surface area contributed by atoms with E-state index in [1.165, 1.54) is 24.7 Å². The Morgan fingerprint density at radius 3 is 2.77 bits per heavy atom. The van der Waals surface area contributed by atoms with Crippen LogP contribution in [0.5, 0.6) is 17.4 Å². The molecule has 48 heavy (non-hydrogen) atoms. The summed E-state index contributed by atoms with van der Waals surface area (Å²) in [6.07, 6.45) is -1.30. The maximum absolute atomic E-state index is 13.1. The van der Waals surface area contributed by atoms with Gasteiger partial charge >= 0.3 is 14.1 Å². The number of aliphatic hydroxyl groups is 2. The van der Waals surface area contributed by atoms with Gasteiger partial charge in [-0.1, -0.05) is 35.1 Å². The predicted molar refractivity (Wildman–Crippen MR) is 170 cm³/mol. The van der Waals surface area contributed by atoms with Gasteiger partial charge in [0.2, 0.25) is 17.6 Å². The average Bonchev–Trinajstić information content (AvgIpc) is 3.58. The van der Waals surface area contributed by atoms with Crippen molar-refractivity contribution in [2.24, 2.45) is 4.74 Å². The molecular formula is C31H37N6O10P. The smallest absolute Gasteiger partial charge is 0.395 e. The molecule has 0 aliphatic carbocycles. The number of anilines is 1. The fourth-order valence-corrected chi connectivity index (χ4v) is 6.41. The maximum atomic E-state index is 13.1. The van der Waals surface area contributed by atoms with Crippen molar-refractivity contribution in [3.63, 3.8) is 0 Å². The molecule has 0 bridgehead atoms. The number of hydrogen-bond acceptors (Lipinski definition) is 15. The van der Waals surface area contributed by atoms with Gasteiger partial charge in [-0.25, -0.2) is 9.78 Å². The monoisotopic (exact) mass is 684 g/mol. The molecule has 4 aromatic rings. The third kappa shape index (κ3) is 6.86.